The van der Waals surface area contributed by atoms with Crippen molar-refractivity contribution in [2.75, 3.05) is 6.54 Å². The van der Waals surface area contributed by atoms with Crippen molar-refractivity contribution in [2.45, 2.75) is 23.8 Å². The van der Waals surface area contributed by atoms with Crippen molar-refractivity contribution >= 4 is 37.6 Å². The standard InChI is InChI=1S/C11H14BrClN2O2S/c12-9-4-3-8(5-10(9)13)18(16,17)15-11(6-14)7-1-2-7/h3-5,7,11,15H,1-2,6,14H2. The Morgan fingerprint density at radius 1 is 1.50 bits per heavy atom. The van der Waals surface area contributed by atoms with Crippen LogP contribution in [0.5, 0.6) is 0 Å². The molecule has 0 aromatic heterocycles. The zero-order valence-electron chi connectivity index (χ0n) is 9.57. The Labute approximate surface area is 120 Å². The number of hydrogen-bond donors (Lipinski definition) is 2. The van der Waals surface area contributed by atoms with Gasteiger partial charge in [0.15, 0.2) is 0 Å². The predicted octanol–water partition coefficient (Wildman–Crippen LogP) is 2.12. The van der Waals surface area contributed by atoms with E-state index in [2.05, 4.69) is 20.7 Å². The normalized spacial score (nSPS) is 17.7. The molecule has 1 saturated carbocycles. The zero-order valence-corrected chi connectivity index (χ0v) is 12.7. The smallest absolute Gasteiger partial charge is 0.240 e. The van der Waals surface area contributed by atoms with Gasteiger partial charge in [-0.2, -0.15) is 0 Å². The van der Waals surface area contributed by atoms with Crippen LogP contribution in [0.15, 0.2) is 27.6 Å². The van der Waals surface area contributed by atoms with Crippen molar-refractivity contribution < 1.29 is 8.42 Å². The molecule has 18 heavy (non-hydrogen) atoms. The van der Waals surface area contributed by atoms with Crippen LogP contribution in [0.3, 0.4) is 0 Å². The Bertz CT molecular complexity index is 546. The molecule has 0 heterocycles. The molecular weight excluding hydrogens is 340 g/mol. The topological polar surface area (TPSA) is 72.2 Å². The molecule has 0 bridgehead atoms. The number of nitrogens with one attached hydrogen (secondary N) is 1. The monoisotopic (exact) mass is 352 g/mol. The second-order valence-electron chi connectivity index (χ2n) is 4.38. The van der Waals surface area contributed by atoms with Crippen molar-refractivity contribution in [3.63, 3.8) is 0 Å². The first-order valence-corrected chi connectivity index (χ1v) is 8.27. The lowest BCUT2D eigenvalue weighted by atomic mass is 10.2. The van der Waals surface area contributed by atoms with Gasteiger partial charge in [-0.25, -0.2) is 13.1 Å². The van der Waals surface area contributed by atoms with E-state index in [9.17, 15) is 8.42 Å². The maximum absolute atomic E-state index is 12.2. The summed E-state index contributed by atoms with van der Waals surface area (Å²) >= 11 is 9.13. The molecule has 1 aromatic carbocycles. The summed E-state index contributed by atoms with van der Waals surface area (Å²) in [6, 6.07) is 4.37. The lowest BCUT2D eigenvalue weighted by Gasteiger charge is -2.16. The predicted molar refractivity (Wildman–Crippen MR) is 75.0 cm³/mol. The van der Waals surface area contributed by atoms with Crippen LogP contribution < -0.4 is 10.5 Å². The fraction of sp³-hybridized carbons (Fsp3) is 0.455. The van der Waals surface area contributed by atoms with Gasteiger partial charge in [-0.15, -0.1) is 0 Å². The maximum atomic E-state index is 12.2. The molecule has 7 heteroatoms. The lowest BCUT2D eigenvalue weighted by molar-refractivity contribution is 0.519. The highest BCUT2D eigenvalue weighted by Crippen LogP contribution is 2.33. The average molecular weight is 354 g/mol. The second-order valence-corrected chi connectivity index (χ2v) is 7.35. The van der Waals surface area contributed by atoms with Crippen LogP contribution in [-0.4, -0.2) is 21.0 Å². The molecule has 2 rings (SSSR count). The van der Waals surface area contributed by atoms with Gasteiger partial charge in [0, 0.05) is 17.1 Å². The summed E-state index contributed by atoms with van der Waals surface area (Å²) in [4.78, 5) is 0.162. The van der Waals surface area contributed by atoms with Gasteiger partial charge in [0.05, 0.1) is 9.92 Å². The van der Waals surface area contributed by atoms with Crippen LogP contribution in [0.25, 0.3) is 0 Å². The average Bonchev–Trinajstić information content (AvgIpc) is 3.13. The molecule has 1 unspecified atom stereocenters. The highest BCUT2D eigenvalue weighted by Gasteiger charge is 2.33. The molecule has 3 N–H and O–H groups in total. The number of benzene rings is 1. The third-order valence-electron chi connectivity index (χ3n) is 2.95. The Hall–Kier alpha value is -0.140. The van der Waals surface area contributed by atoms with Crippen LogP contribution in [-0.2, 0) is 10.0 Å². The quantitative estimate of drug-likeness (QED) is 0.851. The van der Waals surface area contributed by atoms with Crippen LogP contribution >= 0.6 is 27.5 Å². The van der Waals surface area contributed by atoms with Gasteiger partial charge in [-0.1, -0.05) is 11.6 Å². The lowest BCUT2D eigenvalue weighted by Crippen LogP contribution is -2.41. The molecule has 0 saturated heterocycles. The van der Waals surface area contributed by atoms with E-state index in [1.54, 1.807) is 6.07 Å². The SMILES string of the molecule is NCC(NS(=O)(=O)c1ccc(Br)c(Cl)c1)C1CC1. The largest absolute Gasteiger partial charge is 0.329 e. The van der Waals surface area contributed by atoms with E-state index in [0.717, 1.165) is 12.8 Å². The van der Waals surface area contributed by atoms with Crippen molar-refractivity contribution in [2.24, 2.45) is 11.7 Å². The Morgan fingerprint density at radius 3 is 2.67 bits per heavy atom. The van der Waals surface area contributed by atoms with Gasteiger partial charge in [0.1, 0.15) is 0 Å². The minimum absolute atomic E-state index is 0.162. The van der Waals surface area contributed by atoms with Gasteiger partial charge in [-0.05, 0) is 52.9 Å². The summed E-state index contributed by atoms with van der Waals surface area (Å²) in [7, 11) is -3.55. The third-order valence-corrected chi connectivity index (χ3v) is 5.67. The molecule has 0 aliphatic heterocycles. The van der Waals surface area contributed by atoms with E-state index in [-0.39, 0.29) is 10.9 Å². The van der Waals surface area contributed by atoms with Crippen LogP contribution in [0, 0.1) is 5.92 Å². The summed E-state index contributed by atoms with van der Waals surface area (Å²) in [5, 5.41) is 0.369. The molecule has 1 aliphatic carbocycles. The Morgan fingerprint density at radius 2 is 2.17 bits per heavy atom. The number of hydrogen-bond acceptors (Lipinski definition) is 3. The molecule has 1 fully saturated rings. The number of halogens is 2. The molecule has 1 aromatic rings. The molecule has 100 valence electrons. The first kappa shape index (κ1) is 14.3. The van der Waals surface area contributed by atoms with E-state index in [4.69, 9.17) is 17.3 Å². The number of rotatable bonds is 5. The van der Waals surface area contributed by atoms with E-state index in [0.29, 0.717) is 22.0 Å². The minimum Gasteiger partial charge on any atom is -0.329 e. The van der Waals surface area contributed by atoms with Gasteiger partial charge in [0.2, 0.25) is 10.0 Å². The number of sulfonamides is 1. The summed E-state index contributed by atoms with van der Waals surface area (Å²) in [6.07, 6.45) is 2.07. The molecule has 0 amide bonds. The van der Waals surface area contributed by atoms with Crippen LogP contribution in [0.1, 0.15) is 12.8 Å². The van der Waals surface area contributed by atoms with Crippen molar-refractivity contribution in [3.05, 3.63) is 27.7 Å². The van der Waals surface area contributed by atoms with E-state index < -0.39 is 10.0 Å². The molecular formula is C11H14BrClN2O2S. The van der Waals surface area contributed by atoms with Gasteiger partial charge in [0.25, 0.3) is 0 Å². The van der Waals surface area contributed by atoms with E-state index >= 15 is 0 Å². The molecule has 0 radical (unpaired) electrons. The van der Waals surface area contributed by atoms with Gasteiger partial charge >= 0.3 is 0 Å². The molecule has 1 aliphatic rings. The fourth-order valence-corrected chi connectivity index (χ4v) is 3.58. The highest BCUT2D eigenvalue weighted by atomic mass is 79.9. The highest BCUT2D eigenvalue weighted by molar-refractivity contribution is 9.10. The van der Waals surface area contributed by atoms with Gasteiger partial charge < -0.3 is 5.73 Å². The van der Waals surface area contributed by atoms with E-state index in [1.807, 2.05) is 0 Å². The van der Waals surface area contributed by atoms with Crippen molar-refractivity contribution in [1.29, 1.82) is 0 Å². The molecule has 0 spiro atoms. The minimum atomic E-state index is -3.55. The van der Waals surface area contributed by atoms with E-state index in [1.165, 1.54) is 12.1 Å². The molecule has 4 nitrogen and oxygen atoms in total. The summed E-state index contributed by atoms with van der Waals surface area (Å²) in [5.41, 5.74) is 5.59. The number of nitrogens with two attached hydrogens (primary N) is 1. The van der Waals surface area contributed by atoms with Gasteiger partial charge in [-0.3, -0.25) is 0 Å². The zero-order chi connectivity index (χ0) is 13.3. The molecule has 1 atom stereocenters. The summed E-state index contributed by atoms with van der Waals surface area (Å²) < 4.78 is 27.6. The second kappa shape index (κ2) is 5.46. The third kappa shape index (κ3) is 3.24. The van der Waals surface area contributed by atoms with Crippen molar-refractivity contribution in [3.8, 4) is 0 Å². The Kier molecular flexibility index (Phi) is 4.33. The first-order chi connectivity index (χ1) is 8.44. The first-order valence-electron chi connectivity index (χ1n) is 5.61. The summed E-state index contributed by atoms with van der Waals surface area (Å²) in [6.45, 7) is 0.314. The Balaban J connectivity index is 2.21. The summed E-state index contributed by atoms with van der Waals surface area (Å²) in [5.74, 6) is 0.371. The van der Waals surface area contributed by atoms with Crippen LogP contribution in [0.4, 0.5) is 0 Å². The fourth-order valence-electron chi connectivity index (χ4n) is 1.75. The van der Waals surface area contributed by atoms with Crippen molar-refractivity contribution in [1.82, 2.24) is 4.72 Å². The van der Waals surface area contributed by atoms with Crippen LogP contribution in [0.2, 0.25) is 5.02 Å². The maximum Gasteiger partial charge on any atom is 0.240 e.